The largest absolute Gasteiger partial charge is 0.366 e. The van der Waals surface area contributed by atoms with Gasteiger partial charge in [0.2, 0.25) is 0 Å². The second kappa shape index (κ2) is 5.33. The molecule has 1 amide bonds. The smallest absolute Gasteiger partial charge is 0.250 e. The summed E-state index contributed by atoms with van der Waals surface area (Å²) in [5, 5.41) is 0.921. The molecule has 1 aliphatic heterocycles. The molecule has 2 aromatic rings. The zero-order valence-electron chi connectivity index (χ0n) is 12.1. The van der Waals surface area contributed by atoms with Crippen molar-refractivity contribution in [1.29, 1.82) is 0 Å². The summed E-state index contributed by atoms with van der Waals surface area (Å²) in [5.41, 5.74) is 12.7. The minimum absolute atomic E-state index is 0.164. The Bertz CT molecular complexity index is 675. The van der Waals surface area contributed by atoms with Gasteiger partial charge in [0.05, 0.1) is 11.1 Å². The predicted octanol–water partition coefficient (Wildman–Crippen LogP) is 1.51. The normalized spacial score (nSPS) is 22.5. The third-order valence-electron chi connectivity index (χ3n) is 3.99. The number of hydrogen-bond donors (Lipinski definition) is 2. The van der Waals surface area contributed by atoms with Gasteiger partial charge in [0.25, 0.3) is 5.91 Å². The van der Waals surface area contributed by atoms with E-state index in [4.69, 9.17) is 11.5 Å². The van der Waals surface area contributed by atoms with Crippen LogP contribution in [-0.2, 0) is 0 Å². The van der Waals surface area contributed by atoms with Crippen LogP contribution in [0.1, 0.15) is 23.7 Å². The fourth-order valence-electron chi connectivity index (χ4n) is 3.10. The number of nitrogens with two attached hydrogens (primary N) is 2. The molecule has 21 heavy (non-hydrogen) atoms. The topological polar surface area (TPSA) is 85.2 Å². The molecule has 1 fully saturated rings. The lowest BCUT2D eigenvalue weighted by Gasteiger charge is -2.35. The number of primary amides is 1. The highest BCUT2D eigenvalue weighted by Crippen LogP contribution is 2.24. The lowest BCUT2D eigenvalue weighted by atomic mass is 9.96. The van der Waals surface area contributed by atoms with Crippen LogP contribution in [0.25, 0.3) is 10.9 Å². The molecule has 1 aromatic heterocycles. The Morgan fingerprint density at radius 3 is 2.81 bits per heavy atom. The van der Waals surface area contributed by atoms with Crippen molar-refractivity contribution in [2.45, 2.75) is 19.4 Å². The summed E-state index contributed by atoms with van der Waals surface area (Å²) in [5.74, 6) is 0.949. The molecule has 2 atom stereocenters. The molecular formula is C16H20N4O. The molecule has 0 spiro atoms. The molecular weight excluding hydrogens is 264 g/mol. The number of para-hydroxylation sites is 1. The van der Waals surface area contributed by atoms with E-state index >= 15 is 0 Å². The van der Waals surface area contributed by atoms with Gasteiger partial charge in [-0.15, -0.1) is 0 Å². The van der Waals surface area contributed by atoms with Crippen LogP contribution in [0, 0.1) is 5.92 Å². The number of pyridine rings is 1. The highest BCUT2D eigenvalue weighted by atomic mass is 16.1. The summed E-state index contributed by atoms with van der Waals surface area (Å²) < 4.78 is 0. The van der Waals surface area contributed by atoms with Gasteiger partial charge >= 0.3 is 0 Å². The standard InChI is InChI=1S/C16H20N4O/c1-10-7-12(17)9-20(8-10)14-6-5-11-3-2-4-13(16(18)21)15(11)19-14/h2-6,10,12H,7-9,17H2,1H3,(H2,18,21)/t10-,12+/m0/s1. The summed E-state index contributed by atoms with van der Waals surface area (Å²) in [7, 11) is 0. The fourth-order valence-corrected chi connectivity index (χ4v) is 3.10. The van der Waals surface area contributed by atoms with Gasteiger partial charge in [-0.2, -0.15) is 0 Å². The number of rotatable bonds is 2. The summed E-state index contributed by atoms with van der Waals surface area (Å²) >= 11 is 0. The Morgan fingerprint density at radius 2 is 2.10 bits per heavy atom. The van der Waals surface area contributed by atoms with Gasteiger partial charge in [0.15, 0.2) is 0 Å². The van der Waals surface area contributed by atoms with Crippen LogP contribution in [0.3, 0.4) is 0 Å². The highest BCUT2D eigenvalue weighted by molar-refractivity contribution is 6.04. The van der Waals surface area contributed by atoms with Crippen LogP contribution >= 0.6 is 0 Å². The second-order valence-electron chi connectivity index (χ2n) is 5.92. The first-order chi connectivity index (χ1) is 10.0. The maximum atomic E-state index is 11.6. The Labute approximate surface area is 123 Å². The highest BCUT2D eigenvalue weighted by Gasteiger charge is 2.23. The molecule has 1 saturated heterocycles. The van der Waals surface area contributed by atoms with Gasteiger partial charge in [-0.1, -0.05) is 19.1 Å². The van der Waals surface area contributed by atoms with Crippen LogP contribution in [0.2, 0.25) is 0 Å². The average molecular weight is 284 g/mol. The van der Waals surface area contributed by atoms with Crippen molar-refractivity contribution < 1.29 is 4.79 Å². The van der Waals surface area contributed by atoms with Crippen LogP contribution in [0.4, 0.5) is 5.82 Å². The van der Waals surface area contributed by atoms with Gasteiger partial charge in [-0.3, -0.25) is 4.79 Å². The quantitative estimate of drug-likeness (QED) is 0.875. The number of nitrogens with zero attached hydrogens (tertiary/aromatic N) is 2. The molecule has 4 N–H and O–H groups in total. The molecule has 1 aliphatic rings. The zero-order chi connectivity index (χ0) is 15.0. The summed E-state index contributed by atoms with van der Waals surface area (Å²) in [4.78, 5) is 18.4. The number of carbonyl (C=O) groups excluding carboxylic acids is 1. The number of amides is 1. The number of aromatic nitrogens is 1. The van der Waals surface area contributed by atoms with Crippen molar-refractivity contribution in [3.8, 4) is 0 Å². The van der Waals surface area contributed by atoms with Crippen molar-refractivity contribution in [1.82, 2.24) is 4.98 Å². The van der Waals surface area contributed by atoms with E-state index < -0.39 is 5.91 Å². The number of piperidine rings is 1. The minimum Gasteiger partial charge on any atom is -0.366 e. The van der Waals surface area contributed by atoms with E-state index in [-0.39, 0.29) is 6.04 Å². The first kappa shape index (κ1) is 13.8. The van der Waals surface area contributed by atoms with E-state index in [1.807, 2.05) is 24.3 Å². The van der Waals surface area contributed by atoms with E-state index in [9.17, 15) is 4.79 Å². The number of hydrogen-bond acceptors (Lipinski definition) is 4. The predicted molar refractivity (Wildman–Crippen MR) is 84.2 cm³/mol. The Balaban J connectivity index is 2.04. The van der Waals surface area contributed by atoms with Gasteiger partial charge in [0.1, 0.15) is 5.82 Å². The zero-order valence-corrected chi connectivity index (χ0v) is 12.1. The lowest BCUT2D eigenvalue weighted by Crippen LogP contribution is -2.46. The van der Waals surface area contributed by atoms with Crippen molar-refractivity contribution in [2.75, 3.05) is 18.0 Å². The molecule has 110 valence electrons. The maximum absolute atomic E-state index is 11.6. The van der Waals surface area contributed by atoms with Crippen LogP contribution in [0.15, 0.2) is 30.3 Å². The van der Waals surface area contributed by atoms with Crippen molar-refractivity contribution in [3.63, 3.8) is 0 Å². The monoisotopic (exact) mass is 284 g/mol. The average Bonchev–Trinajstić information content (AvgIpc) is 2.44. The number of benzene rings is 1. The summed E-state index contributed by atoms with van der Waals surface area (Å²) in [6, 6.07) is 9.60. The third kappa shape index (κ3) is 2.69. The van der Waals surface area contributed by atoms with Crippen molar-refractivity contribution in [2.24, 2.45) is 17.4 Å². The molecule has 1 aromatic carbocycles. The molecule has 0 unspecified atom stereocenters. The number of fused-ring (bicyclic) bond motifs is 1. The van der Waals surface area contributed by atoms with Crippen molar-refractivity contribution >= 4 is 22.6 Å². The Hall–Kier alpha value is -2.14. The van der Waals surface area contributed by atoms with E-state index in [1.54, 1.807) is 6.07 Å². The molecule has 0 bridgehead atoms. The SMILES string of the molecule is C[C@H]1C[C@@H](N)CN(c2ccc3cccc(C(N)=O)c3n2)C1. The van der Waals surface area contributed by atoms with Gasteiger partial charge < -0.3 is 16.4 Å². The van der Waals surface area contributed by atoms with Gasteiger partial charge in [0, 0.05) is 24.5 Å². The molecule has 5 nitrogen and oxygen atoms in total. The Morgan fingerprint density at radius 1 is 1.29 bits per heavy atom. The maximum Gasteiger partial charge on any atom is 0.250 e. The summed E-state index contributed by atoms with van der Waals surface area (Å²) in [6.07, 6.45) is 1.04. The molecule has 0 radical (unpaired) electrons. The van der Waals surface area contributed by atoms with Gasteiger partial charge in [-0.05, 0) is 30.5 Å². The molecule has 0 aliphatic carbocycles. The number of anilines is 1. The minimum atomic E-state index is -0.450. The van der Waals surface area contributed by atoms with Crippen LogP contribution in [0.5, 0.6) is 0 Å². The van der Waals surface area contributed by atoms with Crippen LogP contribution in [-0.4, -0.2) is 30.0 Å². The van der Waals surface area contributed by atoms with Crippen LogP contribution < -0.4 is 16.4 Å². The first-order valence-electron chi connectivity index (χ1n) is 7.24. The molecule has 5 heteroatoms. The van der Waals surface area contributed by atoms with E-state index in [2.05, 4.69) is 16.8 Å². The molecule has 0 saturated carbocycles. The molecule has 2 heterocycles. The van der Waals surface area contributed by atoms with E-state index in [1.165, 1.54) is 0 Å². The second-order valence-corrected chi connectivity index (χ2v) is 5.92. The summed E-state index contributed by atoms with van der Waals surface area (Å²) in [6.45, 7) is 3.93. The third-order valence-corrected chi connectivity index (χ3v) is 3.99. The first-order valence-corrected chi connectivity index (χ1v) is 7.24. The van der Waals surface area contributed by atoms with Gasteiger partial charge in [-0.25, -0.2) is 4.98 Å². The number of carbonyl (C=O) groups is 1. The lowest BCUT2D eigenvalue weighted by molar-refractivity contribution is 0.100. The van der Waals surface area contributed by atoms with Crippen molar-refractivity contribution in [3.05, 3.63) is 35.9 Å². The molecule has 3 rings (SSSR count). The Kier molecular flexibility index (Phi) is 3.51. The fraction of sp³-hybridized carbons (Fsp3) is 0.375. The van der Waals surface area contributed by atoms with E-state index in [0.29, 0.717) is 17.0 Å². The van der Waals surface area contributed by atoms with E-state index in [0.717, 1.165) is 30.7 Å².